The summed E-state index contributed by atoms with van der Waals surface area (Å²) in [5, 5.41) is 9.74. The highest BCUT2D eigenvalue weighted by molar-refractivity contribution is 6.24. The number of hydrogen-bond donors (Lipinski definition) is 0. The quantitative estimate of drug-likeness (QED) is 0.201. The minimum absolute atomic E-state index is 0.910. The van der Waals surface area contributed by atoms with Crippen LogP contribution in [0.4, 0.5) is 0 Å². The molecule has 0 aliphatic heterocycles. The molecule has 0 unspecified atom stereocenters. The van der Waals surface area contributed by atoms with E-state index in [9.17, 15) is 0 Å². The highest BCUT2D eigenvalue weighted by Crippen LogP contribution is 2.49. The molecule has 0 saturated carbocycles. The Bertz CT molecular complexity index is 2440. The van der Waals surface area contributed by atoms with Gasteiger partial charge in [0.1, 0.15) is 11.2 Å². The van der Waals surface area contributed by atoms with Gasteiger partial charge in [-0.25, -0.2) is 0 Å². The fourth-order valence-electron chi connectivity index (χ4n) is 6.96. The molecule has 0 radical (unpaired) electrons. The predicted octanol–water partition coefficient (Wildman–Crippen LogP) is 12.0. The zero-order valence-electron chi connectivity index (χ0n) is 23.4. The van der Waals surface area contributed by atoms with E-state index in [0.29, 0.717) is 0 Å². The van der Waals surface area contributed by atoms with E-state index in [-0.39, 0.29) is 0 Å². The lowest BCUT2D eigenvalue weighted by Gasteiger charge is -2.20. The fraction of sp³-hybridized carbons (Fsp3) is 0. The van der Waals surface area contributed by atoms with Gasteiger partial charge in [0.25, 0.3) is 0 Å². The third kappa shape index (κ3) is 3.65. The Kier molecular flexibility index (Phi) is 5.27. The molecule has 1 heterocycles. The van der Waals surface area contributed by atoms with Crippen LogP contribution < -0.4 is 0 Å². The summed E-state index contributed by atoms with van der Waals surface area (Å²) >= 11 is 0. The van der Waals surface area contributed by atoms with Crippen LogP contribution in [0, 0.1) is 0 Å². The lowest BCUT2D eigenvalue weighted by atomic mass is 9.83. The van der Waals surface area contributed by atoms with Crippen molar-refractivity contribution in [1.29, 1.82) is 0 Å². The van der Waals surface area contributed by atoms with Crippen LogP contribution in [0.25, 0.3) is 87.6 Å². The summed E-state index contributed by atoms with van der Waals surface area (Å²) in [5.74, 6) is 0. The average molecular weight is 547 g/mol. The monoisotopic (exact) mass is 546 g/mol. The largest absolute Gasteiger partial charge is 0.455 e. The molecule has 9 aromatic rings. The van der Waals surface area contributed by atoms with Gasteiger partial charge in [0.05, 0.1) is 0 Å². The number of benzene rings is 8. The van der Waals surface area contributed by atoms with Crippen LogP contribution in [-0.4, -0.2) is 0 Å². The standard InChI is InChI=1S/C42H26O/c1-2-13-28(14-3-1)40-37(25-24-36-31-16-10-11-21-38(31)43-42(36)40)41-34-19-8-6-17-32(34)39(33-18-7-9-20-35(33)41)30-23-22-27-12-4-5-15-29(27)26-30/h1-26H. The van der Waals surface area contributed by atoms with E-state index in [1.807, 2.05) is 6.07 Å². The van der Waals surface area contributed by atoms with Crippen molar-refractivity contribution >= 4 is 54.3 Å². The second kappa shape index (κ2) is 9.44. The topological polar surface area (TPSA) is 13.1 Å². The van der Waals surface area contributed by atoms with Crippen LogP contribution in [0.2, 0.25) is 0 Å². The molecule has 0 saturated heterocycles. The maximum absolute atomic E-state index is 6.66. The summed E-state index contributed by atoms with van der Waals surface area (Å²) in [6.45, 7) is 0. The first-order valence-corrected chi connectivity index (χ1v) is 14.8. The van der Waals surface area contributed by atoms with Gasteiger partial charge in [0.2, 0.25) is 0 Å². The van der Waals surface area contributed by atoms with E-state index in [1.54, 1.807) is 0 Å². The molecule has 9 rings (SSSR count). The van der Waals surface area contributed by atoms with Crippen molar-refractivity contribution in [2.45, 2.75) is 0 Å². The number of para-hydroxylation sites is 1. The molecule has 0 aliphatic rings. The van der Waals surface area contributed by atoms with Crippen molar-refractivity contribution in [2.24, 2.45) is 0 Å². The third-order valence-corrected chi connectivity index (χ3v) is 8.85. The molecule has 1 heteroatoms. The Balaban J connectivity index is 1.44. The van der Waals surface area contributed by atoms with Crippen LogP contribution in [0.5, 0.6) is 0 Å². The molecule has 0 bridgehead atoms. The Morgan fingerprint density at radius 1 is 0.326 bits per heavy atom. The molecular formula is C42H26O. The van der Waals surface area contributed by atoms with E-state index in [4.69, 9.17) is 4.42 Å². The van der Waals surface area contributed by atoms with Crippen molar-refractivity contribution in [3.05, 3.63) is 158 Å². The van der Waals surface area contributed by atoms with Gasteiger partial charge in [0, 0.05) is 16.3 Å². The Hall–Kier alpha value is -5.66. The molecule has 0 amide bonds. The maximum Gasteiger partial charge on any atom is 0.143 e. The zero-order valence-corrected chi connectivity index (χ0v) is 23.4. The minimum atomic E-state index is 0.910. The highest BCUT2D eigenvalue weighted by atomic mass is 16.3. The molecule has 1 aromatic heterocycles. The Morgan fingerprint density at radius 3 is 1.63 bits per heavy atom. The van der Waals surface area contributed by atoms with Gasteiger partial charge in [0.15, 0.2) is 0 Å². The van der Waals surface area contributed by atoms with E-state index in [2.05, 4.69) is 152 Å². The van der Waals surface area contributed by atoms with E-state index < -0.39 is 0 Å². The maximum atomic E-state index is 6.66. The molecule has 1 nitrogen and oxygen atoms in total. The van der Waals surface area contributed by atoms with Gasteiger partial charge in [-0.15, -0.1) is 0 Å². The van der Waals surface area contributed by atoms with E-state index in [1.165, 1.54) is 54.6 Å². The molecule has 8 aromatic carbocycles. The summed E-state index contributed by atoms with van der Waals surface area (Å²) < 4.78 is 6.66. The van der Waals surface area contributed by atoms with Gasteiger partial charge in [-0.1, -0.05) is 140 Å². The summed E-state index contributed by atoms with van der Waals surface area (Å²) in [7, 11) is 0. The number of fused-ring (bicyclic) bond motifs is 6. The second-order valence-electron chi connectivity index (χ2n) is 11.2. The van der Waals surface area contributed by atoms with E-state index in [0.717, 1.165) is 33.1 Å². The number of furan rings is 1. The van der Waals surface area contributed by atoms with Crippen molar-refractivity contribution in [2.75, 3.05) is 0 Å². The molecule has 43 heavy (non-hydrogen) atoms. The molecule has 0 atom stereocenters. The van der Waals surface area contributed by atoms with E-state index >= 15 is 0 Å². The van der Waals surface area contributed by atoms with Crippen LogP contribution in [-0.2, 0) is 0 Å². The van der Waals surface area contributed by atoms with Crippen molar-refractivity contribution < 1.29 is 4.42 Å². The van der Waals surface area contributed by atoms with Crippen LogP contribution in [0.1, 0.15) is 0 Å². The van der Waals surface area contributed by atoms with Crippen molar-refractivity contribution in [3.8, 4) is 33.4 Å². The first-order valence-electron chi connectivity index (χ1n) is 14.8. The van der Waals surface area contributed by atoms with Gasteiger partial charge in [-0.05, 0) is 78.3 Å². The summed E-state index contributed by atoms with van der Waals surface area (Å²) in [4.78, 5) is 0. The minimum Gasteiger partial charge on any atom is -0.455 e. The molecular weight excluding hydrogens is 520 g/mol. The number of hydrogen-bond acceptors (Lipinski definition) is 1. The smallest absolute Gasteiger partial charge is 0.143 e. The first-order chi connectivity index (χ1) is 21.3. The first kappa shape index (κ1) is 24.0. The normalized spacial score (nSPS) is 11.7. The molecule has 0 aliphatic carbocycles. The summed E-state index contributed by atoms with van der Waals surface area (Å²) in [6.07, 6.45) is 0. The average Bonchev–Trinajstić information content (AvgIpc) is 3.45. The summed E-state index contributed by atoms with van der Waals surface area (Å²) in [5.41, 5.74) is 9.02. The molecule has 200 valence electrons. The molecule has 0 fully saturated rings. The fourth-order valence-corrected chi connectivity index (χ4v) is 6.96. The van der Waals surface area contributed by atoms with Gasteiger partial charge in [-0.2, -0.15) is 0 Å². The van der Waals surface area contributed by atoms with Crippen molar-refractivity contribution in [3.63, 3.8) is 0 Å². The lowest BCUT2D eigenvalue weighted by molar-refractivity contribution is 0.670. The molecule has 0 spiro atoms. The summed E-state index contributed by atoms with van der Waals surface area (Å²) in [6, 6.07) is 56.7. The SMILES string of the molecule is c1ccc(-c2c(-c3c4ccccc4c(-c4ccc5ccccc5c4)c4ccccc34)ccc3c2oc2ccccc23)cc1. The van der Waals surface area contributed by atoms with Gasteiger partial charge in [-0.3, -0.25) is 0 Å². The Morgan fingerprint density at radius 2 is 0.907 bits per heavy atom. The lowest BCUT2D eigenvalue weighted by Crippen LogP contribution is -1.93. The van der Waals surface area contributed by atoms with Crippen LogP contribution in [0.15, 0.2) is 162 Å². The zero-order chi connectivity index (χ0) is 28.3. The van der Waals surface area contributed by atoms with Gasteiger partial charge < -0.3 is 4.42 Å². The van der Waals surface area contributed by atoms with Crippen LogP contribution >= 0.6 is 0 Å². The Labute approximate surface area is 249 Å². The van der Waals surface area contributed by atoms with Crippen LogP contribution in [0.3, 0.4) is 0 Å². The molecule has 0 N–H and O–H groups in total. The van der Waals surface area contributed by atoms with Gasteiger partial charge >= 0.3 is 0 Å². The predicted molar refractivity (Wildman–Crippen MR) is 183 cm³/mol. The third-order valence-electron chi connectivity index (χ3n) is 8.85. The van der Waals surface area contributed by atoms with Crippen molar-refractivity contribution in [1.82, 2.24) is 0 Å². The number of rotatable bonds is 3. The highest BCUT2D eigenvalue weighted by Gasteiger charge is 2.22. The second-order valence-corrected chi connectivity index (χ2v) is 11.2.